The lowest BCUT2D eigenvalue weighted by Gasteiger charge is -2.00. The summed E-state index contributed by atoms with van der Waals surface area (Å²) in [7, 11) is 0. The summed E-state index contributed by atoms with van der Waals surface area (Å²) in [5.74, 6) is 3.99. The predicted octanol–water partition coefficient (Wildman–Crippen LogP) is 10.00. The first-order valence-corrected chi connectivity index (χ1v) is 17.7. The standard InChI is InChI=1S/4C7H10N2.2C6H9NO/c1-6(2)7-3-8-5-9-4-7;1-6(2)7-5-8-3-4-9-7;1-6(2)7-3-4-8-9-5-7;1-6(2)7-4-3-5-8-9-7;1-5(2)6-3-7-4-8-6;1-5(2)6-3-7-8-4-6/h4*3-6H,1-2H3;2*3-5H,1-2H3. The molecule has 280 valence electrons. The van der Waals surface area contributed by atoms with Gasteiger partial charge in [0.2, 0.25) is 0 Å². The van der Waals surface area contributed by atoms with E-state index >= 15 is 0 Å². The van der Waals surface area contributed by atoms with E-state index in [1.807, 2.05) is 30.6 Å². The first kappa shape index (κ1) is 44.8. The SMILES string of the molecule is CC(C)c1cccnn1.CC(C)c1ccnnc1.CC(C)c1cnccn1.CC(C)c1cncnc1.CC(C)c1cnco1.CC(C)c1cnoc1. The molecule has 0 N–H and O–H groups in total. The fourth-order valence-electron chi connectivity index (χ4n) is 3.49. The first-order chi connectivity index (χ1) is 24.8. The lowest BCUT2D eigenvalue weighted by molar-refractivity contribution is 0.418. The highest BCUT2D eigenvalue weighted by Gasteiger charge is 2.00. The van der Waals surface area contributed by atoms with Crippen molar-refractivity contribution in [2.24, 2.45) is 0 Å². The van der Waals surface area contributed by atoms with Crippen LogP contribution >= 0.6 is 0 Å². The summed E-state index contributed by atoms with van der Waals surface area (Å²) in [5.41, 5.74) is 5.70. The zero-order valence-electron chi connectivity index (χ0n) is 33.0. The van der Waals surface area contributed by atoms with E-state index in [9.17, 15) is 0 Å². The van der Waals surface area contributed by atoms with E-state index in [1.54, 1.807) is 62.2 Å². The second kappa shape index (κ2) is 26.5. The Morgan fingerprint density at radius 1 is 0.481 bits per heavy atom. The van der Waals surface area contributed by atoms with E-state index < -0.39 is 0 Å². The van der Waals surface area contributed by atoms with Crippen LogP contribution in [0.4, 0.5) is 0 Å². The quantitative estimate of drug-likeness (QED) is 0.161. The number of aromatic nitrogens is 10. The third kappa shape index (κ3) is 20.4. The Hall–Kier alpha value is -5.26. The fraction of sp³-hybridized carbons (Fsp3) is 0.450. The lowest BCUT2D eigenvalue weighted by Crippen LogP contribution is -1.92. The molecule has 0 atom stereocenters. The minimum Gasteiger partial charge on any atom is -0.448 e. The van der Waals surface area contributed by atoms with Crippen molar-refractivity contribution in [1.29, 1.82) is 0 Å². The van der Waals surface area contributed by atoms with Crippen molar-refractivity contribution < 1.29 is 8.94 Å². The van der Waals surface area contributed by atoms with Gasteiger partial charge in [-0.05, 0) is 58.9 Å². The van der Waals surface area contributed by atoms with Gasteiger partial charge in [0.15, 0.2) is 6.39 Å². The number of nitrogens with zero attached hydrogens (tertiary/aromatic N) is 10. The molecule has 0 radical (unpaired) electrons. The average Bonchev–Trinajstić information content (AvgIpc) is 3.91. The molecule has 0 unspecified atom stereocenters. The van der Waals surface area contributed by atoms with Crippen LogP contribution in [-0.4, -0.2) is 50.5 Å². The molecule has 6 rings (SSSR count). The summed E-state index contributed by atoms with van der Waals surface area (Å²) in [6.07, 6.45) is 22.2. The van der Waals surface area contributed by atoms with Crippen molar-refractivity contribution in [2.45, 2.75) is 119 Å². The zero-order valence-corrected chi connectivity index (χ0v) is 33.0. The van der Waals surface area contributed by atoms with Crippen molar-refractivity contribution in [1.82, 2.24) is 50.5 Å². The lowest BCUT2D eigenvalue weighted by atomic mass is 10.1. The topological polar surface area (TPSA) is 155 Å². The van der Waals surface area contributed by atoms with E-state index in [2.05, 4.69) is 138 Å². The van der Waals surface area contributed by atoms with Crippen molar-refractivity contribution in [2.75, 3.05) is 0 Å². The van der Waals surface area contributed by atoms with Gasteiger partial charge in [-0.1, -0.05) is 88.2 Å². The molecule has 6 aromatic heterocycles. The fourth-order valence-corrected chi connectivity index (χ4v) is 3.49. The van der Waals surface area contributed by atoms with Crippen LogP contribution in [0.1, 0.15) is 152 Å². The predicted molar refractivity (Wildman–Crippen MR) is 206 cm³/mol. The van der Waals surface area contributed by atoms with E-state index in [4.69, 9.17) is 4.42 Å². The Morgan fingerprint density at radius 3 is 1.46 bits per heavy atom. The van der Waals surface area contributed by atoms with Gasteiger partial charge in [-0.2, -0.15) is 20.4 Å². The third-order valence-corrected chi connectivity index (χ3v) is 7.02. The molecule has 0 aliphatic rings. The van der Waals surface area contributed by atoms with Gasteiger partial charge in [0.25, 0.3) is 0 Å². The molecule has 12 heteroatoms. The highest BCUT2D eigenvalue weighted by molar-refractivity contribution is 5.09. The van der Waals surface area contributed by atoms with Crippen LogP contribution < -0.4 is 0 Å². The summed E-state index contributed by atoms with van der Waals surface area (Å²) in [5, 5.41) is 18.7. The normalized spacial score (nSPS) is 10.2. The molecule has 0 spiro atoms. The summed E-state index contributed by atoms with van der Waals surface area (Å²) in [4.78, 5) is 19.6. The van der Waals surface area contributed by atoms with Gasteiger partial charge in [0.1, 0.15) is 18.4 Å². The molecule has 52 heavy (non-hydrogen) atoms. The molecular weight excluding hydrogens is 653 g/mol. The second-order valence-corrected chi connectivity index (χ2v) is 13.4. The Balaban J connectivity index is 0.000000312. The van der Waals surface area contributed by atoms with Crippen LogP contribution in [-0.2, 0) is 0 Å². The van der Waals surface area contributed by atoms with Gasteiger partial charge in [-0.3, -0.25) is 9.97 Å². The van der Waals surface area contributed by atoms with Gasteiger partial charge < -0.3 is 8.94 Å². The zero-order chi connectivity index (χ0) is 38.7. The molecular formula is C40H58N10O2. The van der Waals surface area contributed by atoms with Crippen LogP contribution in [0.25, 0.3) is 0 Å². The van der Waals surface area contributed by atoms with Gasteiger partial charge in [-0.25, -0.2) is 15.0 Å². The second-order valence-electron chi connectivity index (χ2n) is 13.4. The highest BCUT2D eigenvalue weighted by atomic mass is 16.5. The maximum atomic E-state index is 4.98. The molecule has 0 aromatic carbocycles. The van der Waals surface area contributed by atoms with E-state index in [1.165, 1.54) is 17.5 Å². The van der Waals surface area contributed by atoms with Crippen LogP contribution in [0.5, 0.6) is 0 Å². The van der Waals surface area contributed by atoms with E-state index in [0.717, 1.165) is 22.7 Å². The minimum atomic E-state index is 0.456. The van der Waals surface area contributed by atoms with Gasteiger partial charge in [-0.15, -0.1) is 0 Å². The third-order valence-electron chi connectivity index (χ3n) is 7.02. The Labute approximate surface area is 310 Å². The smallest absolute Gasteiger partial charge is 0.180 e. The molecule has 0 aliphatic carbocycles. The first-order valence-electron chi connectivity index (χ1n) is 17.7. The van der Waals surface area contributed by atoms with Gasteiger partial charge in [0.05, 0.1) is 30.0 Å². The Kier molecular flexibility index (Phi) is 22.8. The molecule has 0 bridgehead atoms. The van der Waals surface area contributed by atoms with Gasteiger partial charge >= 0.3 is 0 Å². The molecule has 6 aromatic rings. The van der Waals surface area contributed by atoms with Crippen molar-refractivity contribution in [3.8, 4) is 0 Å². The number of oxazole rings is 1. The maximum Gasteiger partial charge on any atom is 0.180 e. The Bertz CT molecular complexity index is 1400. The average molecular weight is 711 g/mol. The molecule has 12 nitrogen and oxygen atoms in total. The maximum absolute atomic E-state index is 4.98. The summed E-state index contributed by atoms with van der Waals surface area (Å²) >= 11 is 0. The van der Waals surface area contributed by atoms with E-state index in [-0.39, 0.29) is 0 Å². The van der Waals surface area contributed by atoms with Gasteiger partial charge in [0, 0.05) is 54.9 Å². The number of rotatable bonds is 6. The number of hydrogen-bond donors (Lipinski definition) is 0. The summed E-state index contributed by atoms with van der Waals surface area (Å²) in [6.45, 7) is 25.3. The highest BCUT2D eigenvalue weighted by Crippen LogP contribution is 2.13. The van der Waals surface area contributed by atoms with Crippen molar-refractivity contribution in [3.63, 3.8) is 0 Å². The molecule has 0 fully saturated rings. The largest absolute Gasteiger partial charge is 0.448 e. The van der Waals surface area contributed by atoms with Crippen molar-refractivity contribution in [3.05, 3.63) is 133 Å². The van der Waals surface area contributed by atoms with Crippen LogP contribution in [0.2, 0.25) is 0 Å². The molecule has 0 aliphatic heterocycles. The molecule has 0 amide bonds. The molecule has 0 saturated heterocycles. The van der Waals surface area contributed by atoms with Crippen LogP contribution in [0.15, 0.2) is 108 Å². The summed E-state index contributed by atoms with van der Waals surface area (Å²) in [6, 6.07) is 5.87. The summed E-state index contributed by atoms with van der Waals surface area (Å²) < 4.78 is 9.61. The van der Waals surface area contributed by atoms with Crippen LogP contribution in [0, 0.1) is 0 Å². The van der Waals surface area contributed by atoms with Crippen molar-refractivity contribution >= 4 is 0 Å². The van der Waals surface area contributed by atoms with E-state index in [0.29, 0.717) is 35.5 Å². The number of hydrogen-bond acceptors (Lipinski definition) is 12. The minimum absolute atomic E-state index is 0.456. The van der Waals surface area contributed by atoms with Crippen LogP contribution in [0.3, 0.4) is 0 Å². The molecule has 0 saturated carbocycles. The Morgan fingerprint density at radius 2 is 1.15 bits per heavy atom. The monoisotopic (exact) mass is 710 g/mol. The molecule has 6 heterocycles.